The predicted octanol–water partition coefficient (Wildman–Crippen LogP) is 3.59. The summed E-state index contributed by atoms with van der Waals surface area (Å²) in [6.07, 6.45) is -0.00729. The van der Waals surface area contributed by atoms with Crippen molar-refractivity contribution in [3.8, 4) is 11.1 Å². The fraction of sp³-hybridized carbons (Fsp3) is 0.167. The zero-order valence-corrected chi connectivity index (χ0v) is 18.5. The minimum atomic E-state index is -3.99. The largest absolute Gasteiger partial charge is 0.480 e. The average Bonchev–Trinajstić information content (AvgIpc) is 2.73. The van der Waals surface area contributed by atoms with E-state index in [1.54, 1.807) is 43.3 Å². The van der Waals surface area contributed by atoms with Crippen molar-refractivity contribution < 1.29 is 23.1 Å². The molecular formula is C24H24N2O5S. The number of sulfonamides is 1. The number of amides is 1. The molecule has 1 unspecified atom stereocenters. The molecule has 7 nitrogen and oxygen atoms in total. The van der Waals surface area contributed by atoms with Crippen LogP contribution in [0.3, 0.4) is 0 Å². The number of benzene rings is 3. The maximum atomic E-state index is 12.7. The second kappa shape index (κ2) is 9.76. The molecule has 0 aromatic heterocycles. The van der Waals surface area contributed by atoms with Crippen LogP contribution in [0.1, 0.15) is 18.1 Å². The highest BCUT2D eigenvalue weighted by molar-refractivity contribution is 7.89. The van der Waals surface area contributed by atoms with Crippen LogP contribution < -0.4 is 10.0 Å². The Bertz CT molecular complexity index is 1240. The molecule has 0 saturated carbocycles. The van der Waals surface area contributed by atoms with Crippen molar-refractivity contribution in [3.63, 3.8) is 0 Å². The van der Waals surface area contributed by atoms with Crippen LogP contribution >= 0.6 is 0 Å². The van der Waals surface area contributed by atoms with Crippen molar-refractivity contribution in [3.05, 3.63) is 83.9 Å². The molecule has 3 aromatic carbocycles. The lowest BCUT2D eigenvalue weighted by Gasteiger charge is -2.16. The van der Waals surface area contributed by atoms with Crippen LogP contribution in [0.25, 0.3) is 11.1 Å². The van der Waals surface area contributed by atoms with Crippen molar-refractivity contribution in [1.82, 2.24) is 4.72 Å². The van der Waals surface area contributed by atoms with Crippen molar-refractivity contribution in [2.24, 2.45) is 0 Å². The van der Waals surface area contributed by atoms with Gasteiger partial charge in [0.15, 0.2) is 0 Å². The quantitative estimate of drug-likeness (QED) is 0.483. The van der Waals surface area contributed by atoms with Crippen molar-refractivity contribution in [2.45, 2.75) is 31.2 Å². The topological polar surface area (TPSA) is 113 Å². The fourth-order valence-electron chi connectivity index (χ4n) is 3.34. The Morgan fingerprint density at radius 1 is 0.938 bits per heavy atom. The van der Waals surface area contributed by atoms with Gasteiger partial charge in [-0.15, -0.1) is 0 Å². The summed E-state index contributed by atoms with van der Waals surface area (Å²) in [6.45, 7) is 3.09. The fourth-order valence-corrected chi connectivity index (χ4v) is 4.77. The predicted molar refractivity (Wildman–Crippen MR) is 123 cm³/mol. The highest BCUT2D eigenvalue weighted by atomic mass is 32.2. The first-order valence-electron chi connectivity index (χ1n) is 9.93. The number of carbonyl (C=O) groups is 2. The van der Waals surface area contributed by atoms with Crippen molar-refractivity contribution in [1.29, 1.82) is 0 Å². The van der Waals surface area contributed by atoms with Gasteiger partial charge in [-0.2, -0.15) is 4.72 Å². The summed E-state index contributed by atoms with van der Waals surface area (Å²) in [6, 6.07) is 19.6. The zero-order chi connectivity index (χ0) is 23.3. The number of aliphatic carboxylic acids is 1. The van der Waals surface area contributed by atoms with Crippen molar-refractivity contribution >= 4 is 27.6 Å². The van der Waals surface area contributed by atoms with Gasteiger partial charge in [0.2, 0.25) is 15.9 Å². The van der Waals surface area contributed by atoms with E-state index in [0.717, 1.165) is 11.1 Å². The second-order valence-corrected chi connectivity index (χ2v) is 9.12. The molecule has 3 aromatic rings. The maximum Gasteiger partial charge on any atom is 0.322 e. The van der Waals surface area contributed by atoms with E-state index in [4.69, 9.17) is 0 Å². The van der Waals surface area contributed by atoms with E-state index >= 15 is 0 Å². The number of rotatable bonds is 8. The van der Waals surface area contributed by atoms with E-state index in [9.17, 15) is 23.1 Å². The van der Waals surface area contributed by atoms with Gasteiger partial charge >= 0.3 is 5.97 Å². The van der Waals surface area contributed by atoms with Gasteiger partial charge in [-0.05, 0) is 53.8 Å². The molecular weight excluding hydrogens is 428 g/mol. The van der Waals surface area contributed by atoms with E-state index in [1.807, 2.05) is 30.3 Å². The summed E-state index contributed by atoms with van der Waals surface area (Å²) in [4.78, 5) is 23.1. The van der Waals surface area contributed by atoms with Crippen LogP contribution in [-0.2, 0) is 26.0 Å². The van der Waals surface area contributed by atoms with Crippen molar-refractivity contribution in [2.75, 3.05) is 5.32 Å². The third kappa shape index (κ3) is 5.81. The number of carboxylic acid groups (broad SMARTS) is 1. The normalized spacial score (nSPS) is 12.2. The molecule has 0 heterocycles. The van der Waals surface area contributed by atoms with Crippen LogP contribution in [0.5, 0.6) is 0 Å². The lowest BCUT2D eigenvalue weighted by molar-refractivity contribution is -0.138. The Balaban J connectivity index is 1.77. The molecule has 3 rings (SSSR count). The average molecular weight is 453 g/mol. The molecule has 0 saturated heterocycles. The zero-order valence-electron chi connectivity index (χ0n) is 17.7. The molecule has 0 fully saturated rings. The Kier molecular flexibility index (Phi) is 7.07. The molecule has 8 heteroatoms. The molecule has 0 aliphatic carbocycles. The Morgan fingerprint density at radius 2 is 1.62 bits per heavy atom. The highest BCUT2D eigenvalue weighted by Crippen LogP contribution is 2.24. The van der Waals surface area contributed by atoms with E-state index in [0.29, 0.717) is 16.8 Å². The number of carboxylic acids is 1. The minimum absolute atomic E-state index is 0.00729. The number of hydrogen-bond acceptors (Lipinski definition) is 4. The van der Waals surface area contributed by atoms with Gasteiger partial charge in [0.1, 0.15) is 6.04 Å². The first-order valence-corrected chi connectivity index (χ1v) is 11.4. The van der Waals surface area contributed by atoms with Gasteiger partial charge in [0.05, 0.1) is 4.90 Å². The van der Waals surface area contributed by atoms with Crippen LogP contribution in [-0.4, -0.2) is 31.4 Å². The van der Waals surface area contributed by atoms with Gasteiger partial charge in [0, 0.05) is 12.6 Å². The standard InChI is InChI=1S/C24H24N2O5S/c1-16-6-3-4-9-23(16)32(30,31)26-22(24(28)29)14-18-10-12-19(13-11-18)20-7-5-8-21(15-20)25-17(2)27/h3-13,15,22,26H,14H2,1-2H3,(H,25,27)(H,28,29). The molecule has 0 spiro atoms. The molecule has 3 N–H and O–H groups in total. The van der Waals surface area contributed by atoms with E-state index in [-0.39, 0.29) is 17.2 Å². The number of carbonyl (C=O) groups excluding carboxylic acids is 1. The molecule has 0 aliphatic heterocycles. The Labute approximate surface area is 187 Å². The molecule has 1 amide bonds. The Hall–Kier alpha value is -3.49. The molecule has 0 bridgehead atoms. The van der Waals surface area contributed by atoms with Gasteiger partial charge in [-0.25, -0.2) is 8.42 Å². The van der Waals surface area contributed by atoms with E-state index in [2.05, 4.69) is 10.0 Å². The molecule has 32 heavy (non-hydrogen) atoms. The smallest absolute Gasteiger partial charge is 0.322 e. The first kappa shape index (κ1) is 23.2. The maximum absolute atomic E-state index is 12.7. The summed E-state index contributed by atoms with van der Waals surface area (Å²) in [5.41, 5.74) is 3.66. The second-order valence-electron chi connectivity index (χ2n) is 7.44. The van der Waals surface area contributed by atoms with Gasteiger partial charge in [0.25, 0.3) is 0 Å². The summed E-state index contributed by atoms with van der Waals surface area (Å²) in [7, 11) is -3.99. The third-order valence-electron chi connectivity index (χ3n) is 4.89. The first-order chi connectivity index (χ1) is 15.2. The molecule has 0 radical (unpaired) electrons. The van der Waals surface area contributed by atoms with Gasteiger partial charge in [-0.3, -0.25) is 9.59 Å². The van der Waals surface area contributed by atoms with Crippen LogP contribution in [0.15, 0.2) is 77.7 Å². The summed E-state index contributed by atoms with van der Waals surface area (Å²) in [5.74, 6) is -1.42. The number of hydrogen-bond donors (Lipinski definition) is 3. The molecule has 0 aliphatic rings. The van der Waals surface area contributed by atoms with Gasteiger partial charge in [-0.1, -0.05) is 54.6 Å². The summed E-state index contributed by atoms with van der Waals surface area (Å²) in [5, 5.41) is 12.3. The number of aryl methyl sites for hydroxylation is 1. The summed E-state index contributed by atoms with van der Waals surface area (Å²) < 4.78 is 27.7. The monoisotopic (exact) mass is 452 g/mol. The molecule has 166 valence electrons. The number of nitrogens with one attached hydrogen (secondary N) is 2. The van der Waals surface area contributed by atoms with Gasteiger partial charge < -0.3 is 10.4 Å². The Morgan fingerprint density at radius 3 is 2.25 bits per heavy atom. The lowest BCUT2D eigenvalue weighted by Crippen LogP contribution is -2.42. The van der Waals surface area contributed by atoms with Crippen LogP contribution in [0, 0.1) is 6.92 Å². The molecule has 1 atom stereocenters. The third-order valence-corrected chi connectivity index (χ3v) is 6.52. The lowest BCUT2D eigenvalue weighted by atomic mass is 10.0. The highest BCUT2D eigenvalue weighted by Gasteiger charge is 2.26. The SMILES string of the molecule is CC(=O)Nc1cccc(-c2ccc(CC(NS(=O)(=O)c3ccccc3C)C(=O)O)cc2)c1. The van der Waals surface area contributed by atoms with Crippen LogP contribution in [0.4, 0.5) is 5.69 Å². The minimum Gasteiger partial charge on any atom is -0.480 e. The van der Waals surface area contributed by atoms with Crippen LogP contribution in [0.2, 0.25) is 0 Å². The van der Waals surface area contributed by atoms with E-state index in [1.165, 1.54) is 13.0 Å². The number of anilines is 1. The summed E-state index contributed by atoms with van der Waals surface area (Å²) >= 11 is 0. The van der Waals surface area contributed by atoms with E-state index < -0.39 is 22.0 Å².